The van der Waals surface area contributed by atoms with Crippen LogP contribution in [0.4, 0.5) is 5.69 Å². The molecule has 0 atom stereocenters. The topological polar surface area (TPSA) is 84.5 Å². The van der Waals surface area contributed by atoms with E-state index in [9.17, 15) is 13.2 Å². The zero-order valence-corrected chi connectivity index (χ0v) is 17.7. The molecule has 1 aliphatic rings. The van der Waals surface area contributed by atoms with Gasteiger partial charge in [-0.25, -0.2) is 8.42 Å². The molecule has 3 rings (SSSR count). The minimum atomic E-state index is -3.41. The largest absolute Gasteiger partial charge is 0.490 e. The zero-order valence-electron chi connectivity index (χ0n) is 16.9. The highest BCUT2D eigenvalue weighted by Crippen LogP contribution is 2.23. The fourth-order valence-electron chi connectivity index (χ4n) is 3.42. The molecule has 156 valence electrons. The number of benzene rings is 2. The molecule has 2 N–H and O–H groups in total. The van der Waals surface area contributed by atoms with Gasteiger partial charge in [-0.2, -0.15) is 0 Å². The first-order valence-corrected chi connectivity index (χ1v) is 11.8. The molecule has 0 unspecified atom stereocenters. The van der Waals surface area contributed by atoms with Crippen LogP contribution in [0.1, 0.15) is 53.6 Å². The minimum absolute atomic E-state index is 0.260. The molecule has 0 spiro atoms. The minimum Gasteiger partial charge on any atom is -0.490 e. The summed E-state index contributed by atoms with van der Waals surface area (Å²) in [6.07, 6.45) is 7.39. The number of ether oxygens (including phenoxy) is 1. The van der Waals surface area contributed by atoms with Gasteiger partial charge in [-0.15, -0.1) is 0 Å². The second-order valence-corrected chi connectivity index (χ2v) is 9.36. The Kier molecular flexibility index (Phi) is 6.79. The van der Waals surface area contributed by atoms with Gasteiger partial charge in [0.2, 0.25) is 10.0 Å². The van der Waals surface area contributed by atoms with Crippen LogP contribution in [0.25, 0.3) is 0 Å². The molecule has 0 aromatic heterocycles. The first-order valence-electron chi connectivity index (χ1n) is 9.92. The molecular formula is C22H28N2O4S. The summed E-state index contributed by atoms with van der Waals surface area (Å²) in [6, 6.07) is 12.7. The summed E-state index contributed by atoms with van der Waals surface area (Å²) < 4.78 is 31.4. The van der Waals surface area contributed by atoms with E-state index in [1.54, 1.807) is 25.1 Å². The Balaban J connectivity index is 1.57. The highest BCUT2D eigenvalue weighted by atomic mass is 32.2. The predicted octanol–water partition coefficient (Wildman–Crippen LogP) is 4.01. The zero-order chi connectivity index (χ0) is 20.9. The van der Waals surface area contributed by atoms with E-state index in [1.807, 2.05) is 24.3 Å². The highest BCUT2D eigenvalue weighted by molar-refractivity contribution is 7.92. The maximum atomic E-state index is 12.5. The van der Waals surface area contributed by atoms with Gasteiger partial charge in [0.15, 0.2) is 0 Å². The van der Waals surface area contributed by atoms with Crippen LogP contribution >= 0.6 is 0 Å². The Morgan fingerprint density at radius 1 is 1.07 bits per heavy atom. The number of hydrogen-bond acceptors (Lipinski definition) is 4. The van der Waals surface area contributed by atoms with Gasteiger partial charge in [0.25, 0.3) is 5.91 Å². The third-order valence-corrected chi connectivity index (χ3v) is 5.62. The van der Waals surface area contributed by atoms with Crippen molar-refractivity contribution in [1.29, 1.82) is 0 Å². The fraction of sp³-hybridized carbons (Fsp3) is 0.409. The first kappa shape index (κ1) is 21.2. The molecule has 7 heteroatoms. The first-order chi connectivity index (χ1) is 13.8. The predicted molar refractivity (Wildman–Crippen MR) is 115 cm³/mol. The monoisotopic (exact) mass is 416 g/mol. The standard InChI is InChI=1S/C22H28N2O4S/c1-16-8-11-18(14-21(16)24-29(2,26)27)22(25)23-15-17-9-12-20(13-10-17)28-19-6-4-3-5-7-19/h8-14,19,24H,3-7,15H2,1-2H3,(H,23,25). The number of anilines is 1. The van der Waals surface area contributed by atoms with Crippen LogP contribution < -0.4 is 14.8 Å². The second-order valence-electron chi connectivity index (χ2n) is 7.61. The SMILES string of the molecule is Cc1ccc(C(=O)NCc2ccc(OC3CCCCC3)cc2)cc1NS(C)(=O)=O. The van der Waals surface area contributed by atoms with Crippen molar-refractivity contribution < 1.29 is 17.9 Å². The van der Waals surface area contributed by atoms with Gasteiger partial charge in [-0.3, -0.25) is 9.52 Å². The summed E-state index contributed by atoms with van der Waals surface area (Å²) >= 11 is 0. The molecule has 0 heterocycles. The molecule has 0 radical (unpaired) electrons. The van der Waals surface area contributed by atoms with Crippen LogP contribution in [0.5, 0.6) is 5.75 Å². The normalized spacial score (nSPS) is 15.0. The summed E-state index contributed by atoms with van der Waals surface area (Å²) in [7, 11) is -3.41. The molecule has 2 aromatic rings. The van der Waals surface area contributed by atoms with Crippen LogP contribution in [0.3, 0.4) is 0 Å². The Labute approximate surface area is 172 Å². The molecule has 1 saturated carbocycles. The molecule has 29 heavy (non-hydrogen) atoms. The quantitative estimate of drug-likeness (QED) is 0.714. The lowest BCUT2D eigenvalue weighted by atomic mass is 9.98. The van der Waals surface area contributed by atoms with Crippen molar-refractivity contribution in [2.75, 3.05) is 11.0 Å². The van der Waals surface area contributed by atoms with E-state index in [4.69, 9.17) is 4.74 Å². The Morgan fingerprint density at radius 2 is 1.76 bits per heavy atom. The van der Waals surface area contributed by atoms with Gasteiger partial charge in [-0.1, -0.05) is 24.6 Å². The fourth-order valence-corrected chi connectivity index (χ4v) is 4.04. The number of rotatable bonds is 7. The van der Waals surface area contributed by atoms with Crippen molar-refractivity contribution in [3.63, 3.8) is 0 Å². The van der Waals surface area contributed by atoms with Crippen LogP contribution in [0, 0.1) is 6.92 Å². The second kappa shape index (κ2) is 9.31. The summed E-state index contributed by atoms with van der Waals surface area (Å²) in [4.78, 5) is 12.5. The van der Waals surface area contributed by atoms with Crippen molar-refractivity contribution >= 4 is 21.6 Å². The molecular weight excluding hydrogens is 388 g/mol. The lowest BCUT2D eigenvalue weighted by molar-refractivity contribution is 0.0951. The van der Waals surface area contributed by atoms with Gasteiger partial charge in [0.1, 0.15) is 5.75 Å². The number of aryl methyl sites for hydroxylation is 1. The molecule has 1 amide bonds. The molecule has 0 saturated heterocycles. The number of nitrogens with one attached hydrogen (secondary N) is 2. The third kappa shape index (κ3) is 6.49. The van der Waals surface area contributed by atoms with E-state index in [-0.39, 0.29) is 5.91 Å². The average molecular weight is 417 g/mol. The summed E-state index contributed by atoms with van der Waals surface area (Å²) in [6.45, 7) is 2.16. The molecule has 1 fully saturated rings. The van der Waals surface area contributed by atoms with E-state index in [0.29, 0.717) is 23.9 Å². The van der Waals surface area contributed by atoms with Gasteiger partial charge >= 0.3 is 0 Å². The van der Waals surface area contributed by atoms with E-state index in [0.717, 1.165) is 36.0 Å². The molecule has 1 aliphatic carbocycles. The van der Waals surface area contributed by atoms with Gasteiger partial charge in [-0.05, 0) is 68.0 Å². The Hall–Kier alpha value is -2.54. The highest BCUT2D eigenvalue weighted by Gasteiger charge is 2.15. The van der Waals surface area contributed by atoms with Gasteiger partial charge < -0.3 is 10.1 Å². The summed E-state index contributed by atoms with van der Waals surface area (Å²) in [5.41, 5.74) is 2.53. The van der Waals surface area contributed by atoms with Gasteiger partial charge in [0, 0.05) is 12.1 Å². The number of carbonyl (C=O) groups excluding carboxylic acids is 1. The number of carbonyl (C=O) groups is 1. The van der Waals surface area contributed by atoms with E-state index in [2.05, 4.69) is 10.0 Å². The maximum Gasteiger partial charge on any atom is 0.251 e. The molecule has 0 bridgehead atoms. The lowest BCUT2D eigenvalue weighted by Gasteiger charge is -2.23. The van der Waals surface area contributed by atoms with Crippen LogP contribution in [0.15, 0.2) is 42.5 Å². The number of sulfonamides is 1. The summed E-state index contributed by atoms with van der Waals surface area (Å²) in [5.74, 6) is 0.603. The van der Waals surface area contributed by atoms with Crippen molar-refractivity contribution in [3.8, 4) is 5.75 Å². The van der Waals surface area contributed by atoms with Crippen molar-refractivity contribution in [2.45, 2.75) is 51.7 Å². The van der Waals surface area contributed by atoms with E-state index < -0.39 is 10.0 Å². The average Bonchev–Trinajstić information content (AvgIpc) is 2.69. The number of amides is 1. The van der Waals surface area contributed by atoms with Crippen LogP contribution in [-0.4, -0.2) is 26.7 Å². The molecule has 6 nitrogen and oxygen atoms in total. The van der Waals surface area contributed by atoms with Crippen LogP contribution in [0.2, 0.25) is 0 Å². The Bertz CT molecular complexity index is 949. The van der Waals surface area contributed by atoms with Crippen LogP contribution in [-0.2, 0) is 16.6 Å². The number of hydrogen-bond donors (Lipinski definition) is 2. The third-order valence-electron chi connectivity index (χ3n) is 5.03. The smallest absolute Gasteiger partial charge is 0.251 e. The summed E-state index contributed by atoms with van der Waals surface area (Å²) in [5, 5.41) is 2.87. The van der Waals surface area contributed by atoms with Gasteiger partial charge in [0.05, 0.1) is 18.0 Å². The van der Waals surface area contributed by atoms with E-state index >= 15 is 0 Å². The van der Waals surface area contributed by atoms with Crippen molar-refractivity contribution in [3.05, 3.63) is 59.2 Å². The van der Waals surface area contributed by atoms with Crippen molar-refractivity contribution in [2.24, 2.45) is 0 Å². The maximum absolute atomic E-state index is 12.5. The Morgan fingerprint density at radius 3 is 2.41 bits per heavy atom. The molecule has 2 aromatic carbocycles. The van der Waals surface area contributed by atoms with Crippen molar-refractivity contribution in [1.82, 2.24) is 5.32 Å². The lowest BCUT2D eigenvalue weighted by Crippen LogP contribution is -2.23. The van der Waals surface area contributed by atoms with E-state index in [1.165, 1.54) is 19.3 Å². The molecule has 0 aliphatic heterocycles.